The first-order valence-electron chi connectivity index (χ1n) is 11.3. The summed E-state index contributed by atoms with van der Waals surface area (Å²) in [4.78, 5) is 41.3. The number of carbonyl (C=O) groups excluding carboxylic acids is 3. The van der Waals surface area contributed by atoms with Gasteiger partial charge in [0.2, 0.25) is 5.91 Å². The van der Waals surface area contributed by atoms with E-state index in [4.69, 9.17) is 0 Å². The molecule has 2 N–H and O–H groups in total. The van der Waals surface area contributed by atoms with Gasteiger partial charge < -0.3 is 20.1 Å². The highest BCUT2D eigenvalue weighted by atomic mass is 16.2. The first kappa shape index (κ1) is 22.1. The summed E-state index contributed by atoms with van der Waals surface area (Å²) in [7, 11) is 1.99. The van der Waals surface area contributed by atoms with E-state index in [9.17, 15) is 14.4 Å². The van der Waals surface area contributed by atoms with Gasteiger partial charge in [-0.25, -0.2) is 0 Å². The Morgan fingerprint density at radius 3 is 2.50 bits per heavy atom. The molecule has 1 aromatic carbocycles. The second kappa shape index (κ2) is 9.56. The molecule has 2 aliphatic heterocycles. The van der Waals surface area contributed by atoms with Crippen molar-refractivity contribution in [2.45, 2.75) is 38.6 Å². The van der Waals surface area contributed by atoms with Crippen molar-refractivity contribution in [3.8, 4) is 0 Å². The monoisotopic (exact) mass is 437 g/mol. The number of nitrogens with one attached hydrogen (secondary N) is 2. The maximum Gasteiger partial charge on any atom is 0.313 e. The zero-order valence-electron chi connectivity index (χ0n) is 18.8. The molecule has 32 heavy (non-hydrogen) atoms. The molecule has 8 heteroatoms. The third kappa shape index (κ3) is 4.70. The van der Waals surface area contributed by atoms with Crippen LogP contribution < -0.4 is 15.5 Å². The van der Waals surface area contributed by atoms with Crippen molar-refractivity contribution in [2.75, 3.05) is 36.4 Å². The lowest BCUT2D eigenvalue weighted by Gasteiger charge is -2.28. The van der Waals surface area contributed by atoms with Gasteiger partial charge in [-0.15, -0.1) is 0 Å². The van der Waals surface area contributed by atoms with Gasteiger partial charge >= 0.3 is 11.8 Å². The van der Waals surface area contributed by atoms with Crippen LogP contribution in [0.5, 0.6) is 0 Å². The molecule has 2 saturated heterocycles. The fourth-order valence-electron chi connectivity index (χ4n) is 4.63. The summed E-state index contributed by atoms with van der Waals surface area (Å²) in [6, 6.07) is 9.45. The van der Waals surface area contributed by atoms with E-state index in [0.717, 1.165) is 49.3 Å². The van der Waals surface area contributed by atoms with Crippen LogP contribution in [0, 0.1) is 6.92 Å². The number of benzene rings is 1. The van der Waals surface area contributed by atoms with Gasteiger partial charge in [0.25, 0.3) is 0 Å². The quantitative estimate of drug-likeness (QED) is 0.680. The van der Waals surface area contributed by atoms with Crippen molar-refractivity contribution >= 4 is 29.1 Å². The van der Waals surface area contributed by atoms with Crippen LogP contribution in [0.3, 0.4) is 0 Å². The van der Waals surface area contributed by atoms with Crippen molar-refractivity contribution in [1.82, 2.24) is 14.8 Å². The minimum atomic E-state index is -0.709. The highest BCUT2D eigenvalue weighted by Crippen LogP contribution is 2.28. The normalized spacial score (nSPS) is 17.6. The lowest BCUT2D eigenvalue weighted by atomic mass is 10.1. The number of hydrogen-bond acceptors (Lipinski definition) is 4. The molecule has 170 valence electrons. The summed E-state index contributed by atoms with van der Waals surface area (Å²) in [5.74, 6) is -1.29. The number of aromatic nitrogens is 1. The predicted molar refractivity (Wildman–Crippen MR) is 123 cm³/mol. The summed E-state index contributed by atoms with van der Waals surface area (Å²) in [5, 5.41) is 5.49. The van der Waals surface area contributed by atoms with Crippen LogP contribution in [0.4, 0.5) is 11.4 Å². The molecule has 1 aromatic heterocycles. The molecule has 0 bridgehead atoms. The van der Waals surface area contributed by atoms with E-state index >= 15 is 0 Å². The van der Waals surface area contributed by atoms with Gasteiger partial charge in [0.15, 0.2) is 0 Å². The zero-order valence-corrected chi connectivity index (χ0v) is 18.8. The number of aryl methyl sites for hydroxylation is 2. The third-order valence-electron chi connectivity index (χ3n) is 6.40. The average molecular weight is 438 g/mol. The molecular formula is C24H31N5O3. The minimum Gasteiger partial charge on any atom is -0.353 e. The maximum absolute atomic E-state index is 12.6. The van der Waals surface area contributed by atoms with Gasteiger partial charge in [-0.1, -0.05) is 6.07 Å². The van der Waals surface area contributed by atoms with E-state index in [2.05, 4.69) is 26.2 Å². The highest BCUT2D eigenvalue weighted by molar-refractivity contribution is 6.39. The van der Waals surface area contributed by atoms with E-state index in [1.54, 1.807) is 17.0 Å². The van der Waals surface area contributed by atoms with Crippen molar-refractivity contribution in [3.63, 3.8) is 0 Å². The molecule has 0 radical (unpaired) electrons. The first-order valence-corrected chi connectivity index (χ1v) is 11.3. The van der Waals surface area contributed by atoms with E-state index in [1.165, 1.54) is 0 Å². The topological polar surface area (TPSA) is 86.7 Å². The molecular weight excluding hydrogens is 406 g/mol. The number of carbonyl (C=O) groups is 3. The standard InChI is InChI=1S/C24H31N5O3/c1-17-9-10-18(15-20(17)29-14-6-8-22(29)30)26-24(32)23(31)25-16-21(28-12-3-4-13-28)19-7-5-11-27(19)2/h5,7,9-11,15,21H,3-4,6,8,12-14,16H2,1-2H3,(H,25,31)(H,26,32). The Morgan fingerprint density at radius 1 is 1.06 bits per heavy atom. The summed E-state index contributed by atoms with van der Waals surface area (Å²) < 4.78 is 2.06. The van der Waals surface area contributed by atoms with Crippen molar-refractivity contribution in [2.24, 2.45) is 7.05 Å². The van der Waals surface area contributed by atoms with E-state index in [1.807, 2.05) is 32.3 Å². The first-order chi connectivity index (χ1) is 15.4. The van der Waals surface area contributed by atoms with Crippen LogP contribution in [0.25, 0.3) is 0 Å². The van der Waals surface area contributed by atoms with Crippen LogP contribution in [0.2, 0.25) is 0 Å². The third-order valence-corrected chi connectivity index (χ3v) is 6.40. The van der Waals surface area contributed by atoms with Crippen molar-refractivity contribution in [3.05, 3.63) is 47.8 Å². The molecule has 1 atom stereocenters. The Bertz CT molecular complexity index is 1010. The summed E-state index contributed by atoms with van der Waals surface area (Å²) in [5.41, 5.74) is 3.36. The van der Waals surface area contributed by atoms with Gasteiger partial charge in [-0.2, -0.15) is 0 Å². The molecule has 4 rings (SSSR count). The Kier molecular flexibility index (Phi) is 6.60. The fourth-order valence-corrected chi connectivity index (χ4v) is 4.63. The largest absolute Gasteiger partial charge is 0.353 e. The SMILES string of the molecule is Cc1ccc(NC(=O)C(=O)NCC(c2cccn2C)N2CCCC2)cc1N1CCCC1=O. The summed E-state index contributed by atoms with van der Waals surface area (Å²) in [6.45, 7) is 4.94. The lowest BCUT2D eigenvalue weighted by Crippen LogP contribution is -2.41. The number of rotatable bonds is 6. The van der Waals surface area contributed by atoms with Gasteiger partial charge in [0.1, 0.15) is 0 Å². The molecule has 0 saturated carbocycles. The van der Waals surface area contributed by atoms with Gasteiger partial charge in [-0.3, -0.25) is 19.3 Å². The number of anilines is 2. The molecule has 3 heterocycles. The molecule has 2 aromatic rings. The van der Waals surface area contributed by atoms with Crippen LogP contribution in [0.1, 0.15) is 43.0 Å². The average Bonchev–Trinajstić information content (AvgIpc) is 3.53. The smallest absolute Gasteiger partial charge is 0.313 e. The lowest BCUT2D eigenvalue weighted by molar-refractivity contribution is -0.136. The highest BCUT2D eigenvalue weighted by Gasteiger charge is 2.27. The summed E-state index contributed by atoms with van der Waals surface area (Å²) in [6.07, 6.45) is 5.65. The summed E-state index contributed by atoms with van der Waals surface area (Å²) >= 11 is 0. The van der Waals surface area contributed by atoms with Crippen molar-refractivity contribution < 1.29 is 14.4 Å². The van der Waals surface area contributed by atoms with Crippen molar-refractivity contribution in [1.29, 1.82) is 0 Å². The second-order valence-electron chi connectivity index (χ2n) is 8.62. The molecule has 3 amide bonds. The van der Waals surface area contributed by atoms with E-state index < -0.39 is 11.8 Å². The number of hydrogen-bond donors (Lipinski definition) is 2. The van der Waals surface area contributed by atoms with E-state index in [0.29, 0.717) is 25.2 Å². The van der Waals surface area contributed by atoms with Gasteiger partial charge in [0.05, 0.1) is 6.04 Å². The Hall–Kier alpha value is -3.13. The van der Waals surface area contributed by atoms with Gasteiger partial charge in [-0.05, 0) is 69.1 Å². The molecule has 2 aliphatic rings. The zero-order chi connectivity index (χ0) is 22.7. The number of nitrogens with zero attached hydrogens (tertiary/aromatic N) is 3. The number of amides is 3. The minimum absolute atomic E-state index is 0.0291. The Balaban J connectivity index is 1.40. The molecule has 0 aliphatic carbocycles. The van der Waals surface area contributed by atoms with Crippen LogP contribution in [-0.4, -0.2) is 53.4 Å². The molecule has 8 nitrogen and oxygen atoms in total. The molecule has 0 spiro atoms. The maximum atomic E-state index is 12.6. The van der Waals surface area contributed by atoms with E-state index in [-0.39, 0.29) is 11.9 Å². The number of likely N-dealkylation sites (tertiary alicyclic amines) is 1. The van der Waals surface area contributed by atoms with Gasteiger partial charge in [0, 0.05) is 49.8 Å². The second-order valence-corrected chi connectivity index (χ2v) is 8.62. The van der Waals surface area contributed by atoms with Crippen LogP contribution in [0.15, 0.2) is 36.5 Å². The van der Waals surface area contributed by atoms with Crippen LogP contribution >= 0.6 is 0 Å². The molecule has 2 fully saturated rings. The van der Waals surface area contributed by atoms with Crippen LogP contribution in [-0.2, 0) is 21.4 Å². The molecule has 1 unspecified atom stereocenters. The predicted octanol–water partition coefficient (Wildman–Crippen LogP) is 2.35. The Labute approximate surface area is 188 Å². The fraction of sp³-hybridized carbons (Fsp3) is 0.458. The Morgan fingerprint density at radius 2 is 1.84 bits per heavy atom.